The van der Waals surface area contributed by atoms with Crippen LogP contribution < -0.4 is 0 Å². The normalized spacial score (nSPS) is 44.0. The van der Waals surface area contributed by atoms with Crippen LogP contribution in [0.3, 0.4) is 0 Å². The summed E-state index contributed by atoms with van der Waals surface area (Å²) in [5.41, 5.74) is 2.15. The molecule has 2 saturated carbocycles. The summed E-state index contributed by atoms with van der Waals surface area (Å²) in [6, 6.07) is 0. The molecule has 3 rings (SSSR count). The first-order valence-electron chi connectivity index (χ1n) is 8.35. The quantitative estimate of drug-likeness (QED) is 0.388. The molecule has 2 heteroatoms. The number of aliphatic hydroxyl groups excluding tert-OH is 1. The van der Waals surface area contributed by atoms with Crippen LogP contribution in [0.4, 0.5) is 0 Å². The van der Waals surface area contributed by atoms with Gasteiger partial charge in [-0.2, -0.15) is 0 Å². The number of aliphatic hydroxyl groups is 1. The fourth-order valence-corrected chi connectivity index (χ4v) is 5.80. The minimum atomic E-state index is -0.374. The average Bonchev–Trinajstić information content (AvgIpc) is 2.42. The predicted octanol–water partition coefficient (Wildman–Crippen LogP) is 4.96. The first-order valence-corrected chi connectivity index (χ1v) is 8.35. The smallest absolute Gasteiger partial charge is 0.167 e. The largest absolute Gasteiger partial charge is 0.515 e. The van der Waals surface area contributed by atoms with Gasteiger partial charge in [-0.3, -0.25) is 4.79 Å². The summed E-state index contributed by atoms with van der Waals surface area (Å²) in [7, 11) is 0. The average molecular weight is 288 g/mol. The number of hydrogen-bond donors (Lipinski definition) is 1. The van der Waals surface area contributed by atoms with E-state index in [9.17, 15) is 9.90 Å². The number of fused-ring (bicyclic) bond motifs is 3. The summed E-state index contributed by atoms with van der Waals surface area (Å²) >= 11 is 0. The first-order chi connectivity index (χ1) is 9.75. The van der Waals surface area contributed by atoms with Crippen molar-refractivity contribution < 1.29 is 9.90 Å². The third-order valence-electron chi connectivity index (χ3n) is 6.76. The molecule has 2 fully saturated rings. The van der Waals surface area contributed by atoms with Crippen LogP contribution in [0.1, 0.15) is 66.2 Å². The molecule has 0 aliphatic heterocycles. The number of hydrogen-bond acceptors (Lipinski definition) is 2. The second-order valence-corrected chi connectivity index (χ2v) is 8.46. The van der Waals surface area contributed by atoms with E-state index in [1.807, 2.05) is 0 Å². The number of Topliss-reactive ketones (excluding diaryl/α,β-unsaturated/α-hetero) is 1. The minimum Gasteiger partial charge on any atom is -0.515 e. The number of rotatable bonds is 0. The molecule has 0 amide bonds. The maximum atomic E-state index is 12.7. The van der Waals surface area contributed by atoms with Crippen molar-refractivity contribution in [2.75, 3.05) is 0 Å². The highest BCUT2D eigenvalue weighted by molar-refractivity contribution is 6.00. The molecule has 1 N–H and O–H groups in total. The Morgan fingerprint density at radius 1 is 1.24 bits per heavy atom. The number of carbonyl (C=O) groups is 1. The molecule has 0 spiro atoms. The van der Waals surface area contributed by atoms with E-state index in [-0.39, 0.29) is 16.6 Å². The Bertz CT molecular complexity index is 540. The van der Waals surface area contributed by atoms with Crippen molar-refractivity contribution in [2.45, 2.75) is 66.2 Å². The molecule has 2 nitrogen and oxygen atoms in total. The Balaban J connectivity index is 2.13. The Hall–Kier alpha value is -1.05. The number of carbonyl (C=O) groups excluding carboxylic acids is 1. The molecule has 0 aromatic heterocycles. The monoisotopic (exact) mass is 288 g/mol. The Kier molecular flexibility index (Phi) is 3.17. The summed E-state index contributed by atoms with van der Waals surface area (Å²) in [5, 5.41) is 9.56. The van der Waals surface area contributed by atoms with Crippen LogP contribution in [0.2, 0.25) is 0 Å². The molecule has 0 aromatic rings. The minimum absolute atomic E-state index is 0.0272. The summed E-state index contributed by atoms with van der Waals surface area (Å²) < 4.78 is 0. The lowest BCUT2D eigenvalue weighted by Crippen LogP contribution is -2.54. The SMILES string of the molecule is CC1(C)C(=O)/C(=C\O)C[C@]2(C)C3=CCCC[C@]3(C)CC[C@@H]12. The number of ketones is 1. The zero-order chi connectivity index (χ0) is 15.5. The molecule has 3 atom stereocenters. The lowest BCUT2D eigenvalue weighted by atomic mass is 9.43. The van der Waals surface area contributed by atoms with Crippen LogP contribution in [-0.4, -0.2) is 10.9 Å². The fraction of sp³-hybridized carbons (Fsp3) is 0.737. The maximum absolute atomic E-state index is 12.7. The molecule has 0 saturated heterocycles. The van der Waals surface area contributed by atoms with Crippen LogP contribution in [0, 0.1) is 22.2 Å². The van der Waals surface area contributed by atoms with Crippen molar-refractivity contribution in [3.8, 4) is 0 Å². The fourth-order valence-electron chi connectivity index (χ4n) is 5.80. The van der Waals surface area contributed by atoms with E-state index in [1.165, 1.54) is 25.7 Å². The summed E-state index contributed by atoms with van der Waals surface area (Å²) in [4.78, 5) is 12.7. The second kappa shape index (κ2) is 4.47. The van der Waals surface area contributed by atoms with E-state index in [2.05, 4.69) is 33.8 Å². The maximum Gasteiger partial charge on any atom is 0.167 e. The van der Waals surface area contributed by atoms with Crippen LogP contribution in [0.5, 0.6) is 0 Å². The van der Waals surface area contributed by atoms with E-state index < -0.39 is 0 Å². The van der Waals surface area contributed by atoms with Crippen molar-refractivity contribution in [3.63, 3.8) is 0 Å². The molecular formula is C19H28O2. The van der Waals surface area contributed by atoms with Gasteiger partial charge in [-0.05, 0) is 55.3 Å². The lowest BCUT2D eigenvalue weighted by molar-refractivity contribution is -0.135. The van der Waals surface area contributed by atoms with Gasteiger partial charge in [-0.15, -0.1) is 0 Å². The Morgan fingerprint density at radius 3 is 2.62 bits per heavy atom. The summed E-state index contributed by atoms with van der Waals surface area (Å²) in [6.45, 7) is 8.90. The van der Waals surface area contributed by atoms with E-state index in [1.54, 1.807) is 5.57 Å². The zero-order valence-corrected chi connectivity index (χ0v) is 13.8. The molecule has 0 aromatic carbocycles. The highest BCUT2D eigenvalue weighted by Gasteiger charge is 2.59. The molecule has 3 aliphatic carbocycles. The second-order valence-electron chi connectivity index (χ2n) is 8.46. The molecule has 0 heterocycles. The summed E-state index contributed by atoms with van der Waals surface area (Å²) in [6.07, 6.45) is 10.3. The third kappa shape index (κ3) is 1.87. The summed E-state index contributed by atoms with van der Waals surface area (Å²) in [5.74, 6) is 0.533. The Morgan fingerprint density at radius 2 is 1.95 bits per heavy atom. The van der Waals surface area contributed by atoms with Gasteiger partial charge < -0.3 is 5.11 Å². The van der Waals surface area contributed by atoms with E-state index in [0.29, 0.717) is 23.3 Å². The van der Waals surface area contributed by atoms with Gasteiger partial charge in [0, 0.05) is 11.0 Å². The van der Waals surface area contributed by atoms with E-state index in [4.69, 9.17) is 0 Å². The van der Waals surface area contributed by atoms with Crippen molar-refractivity contribution in [3.05, 3.63) is 23.5 Å². The number of allylic oxidation sites excluding steroid dienone is 3. The van der Waals surface area contributed by atoms with Gasteiger partial charge in [-0.25, -0.2) is 0 Å². The first kappa shape index (κ1) is 14.9. The van der Waals surface area contributed by atoms with Gasteiger partial charge in [0.05, 0.1) is 6.26 Å². The standard InChI is InChI=1S/C19H28O2/c1-17(2)14-8-10-18(3)9-6-5-7-15(18)19(14,4)11-13(12-20)16(17)21/h7,12,14,20H,5-6,8-11H2,1-4H3/b13-12-/t14-,18+,19-/m0/s1. The Labute approximate surface area is 128 Å². The zero-order valence-electron chi connectivity index (χ0n) is 13.8. The topological polar surface area (TPSA) is 37.3 Å². The highest BCUT2D eigenvalue weighted by Crippen LogP contribution is 2.65. The van der Waals surface area contributed by atoms with Crippen molar-refractivity contribution in [1.29, 1.82) is 0 Å². The van der Waals surface area contributed by atoms with Crippen LogP contribution >= 0.6 is 0 Å². The highest BCUT2D eigenvalue weighted by atomic mass is 16.2. The molecule has 0 radical (unpaired) electrons. The van der Waals surface area contributed by atoms with Gasteiger partial charge in [0.15, 0.2) is 5.78 Å². The van der Waals surface area contributed by atoms with Gasteiger partial charge >= 0.3 is 0 Å². The van der Waals surface area contributed by atoms with Gasteiger partial charge in [0.25, 0.3) is 0 Å². The van der Waals surface area contributed by atoms with Gasteiger partial charge in [0.1, 0.15) is 0 Å². The van der Waals surface area contributed by atoms with Gasteiger partial charge in [-0.1, -0.05) is 39.3 Å². The molecule has 116 valence electrons. The third-order valence-corrected chi connectivity index (χ3v) is 6.76. The van der Waals surface area contributed by atoms with Crippen molar-refractivity contribution in [2.24, 2.45) is 22.2 Å². The van der Waals surface area contributed by atoms with Gasteiger partial charge in [0.2, 0.25) is 0 Å². The van der Waals surface area contributed by atoms with Crippen LogP contribution in [-0.2, 0) is 4.79 Å². The molecule has 0 bridgehead atoms. The van der Waals surface area contributed by atoms with Crippen LogP contribution in [0.15, 0.2) is 23.5 Å². The molecule has 3 aliphatic rings. The lowest BCUT2D eigenvalue weighted by Gasteiger charge is -2.60. The predicted molar refractivity (Wildman–Crippen MR) is 85.0 cm³/mol. The van der Waals surface area contributed by atoms with Crippen molar-refractivity contribution >= 4 is 5.78 Å². The molecular weight excluding hydrogens is 260 g/mol. The molecule has 0 unspecified atom stereocenters. The van der Waals surface area contributed by atoms with Crippen LogP contribution in [0.25, 0.3) is 0 Å². The van der Waals surface area contributed by atoms with E-state index in [0.717, 1.165) is 12.7 Å². The molecule has 21 heavy (non-hydrogen) atoms. The van der Waals surface area contributed by atoms with Crippen molar-refractivity contribution in [1.82, 2.24) is 0 Å². The van der Waals surface area contributed by atoms with E-state index >= 15 is 0 Å².